The van der Waals surface area contributed by atoms with Gasteiger partial charge in [-0.15, -0.1) is 0 Å². The molecular formula is C23H25FN6O5. The third kappa shape index (κ3) is 6.02. The van der Waals surface area contributed by atoms with Gasteiger partial charge in [-0.3, -0.25) is 14.8 Å². The second-order valence-corrected chi connectivity index (χ2v) is 8.44. The number of nitrogens with one attached hydrogen (secondary N) is 1. The molecule has 184 valence electrons. The monoisotopic (exact) mass is 484 g/mol. The quantitative estimate of drug-likeness (QED) is 0.550. The summed E-state index contributed by atoms with van der Waals surface area (Å²) in [5.74, 6) is 0. The summed E-state index contributed by atoms with van der Waals surface area (Å²) in [5.41, 5.74) is 0.210. The molecule has 11 nitrogen and oxygen atoms in total. The molecule has 12 heteroatoms. The number of halogens is 1. The maximum Gasteiger partial charge on any atom is 0.411 e. The van der Waals surface area contributed by atoms with Crippen LogP contribution < -0.4 is 10.7 Å². The van der Waals surface area contributed by atoms with Crippen molar-refractivity contribution in [1.29, 1.82) is 0 Å². The molecule has 0 radical (unpaired) electrons. The molecule has 1 aliphatic heterocycles. The molecular weight excluding hydrogens is 459 g/mol. The summed E-state index contributed by atoms with van der Waals surface area (Å²) in [4.78, 5) is 36.7. The Labute approximate surface area is 199 Å². The fourth-order valence-corrected chi connectivity index (χ4v) is 3.78. The van der Waals surface area contributed by atoms with Crippen LogP contribution in [0.15, 0.2) is 53.7 Å². The summed E-state index contributed by atoms with van der Waals surface area (Å²) in [6.45, 7) is -0.364. The number of ether oxygens (including phenoxy) is 1. The number of carboxylic acid groups (broad SMARTS) is 1. The van der Waals surface area contributed by atoms with Gasteiger partial charge in [0.1, 0.15) is 23.7 Å². The number of aromatic nitrogens is 4. The first kappa shape index (κ1) is 23.9. The standard InChI is InChI=1S/C23H25FN6O5/c1-28-14-18(13-25-28)30-8-5-20(31)19(27-30)12-16-3-2-4-17(11-16)26-21(32)35-15-23(24)6-9-29(10-7-23)22(33)34/h2-5,8,11,13-14H,6-7,9-10,12,15H2,1H3,(H,26,32)(H,33,34). The van der Waals surface area contributed by atoms with Gasteiger partial charge in [0.05, 0.1) is 12.4 Å². The van der Waals surface area contributed by atoms with Crippen LogP contribution >= 0.6 is 0 Å². The van der Waals surface area contributed by atoms with Crippen LogP contribution in [-0.2, 0) is 18.2 Å². The molecule has 3 aromatic rings. The van der Waals surface area contributed by atoms with E-state index in [1.807, 2.05) is 0 Å². The second kappa shape index (κ2) is 9.95. The SMILES string of the molecule is Cn1cc(-n2ccc(=O)c(Cc3cccc(NC(=O)OCC4(F)CCN(C(=O)O)CC4)c3)n2)cn1. The first-order chi connectivity index (χ1) is 16.7. The lowest BCUT2D eigenvalue weighted by Gasteiger charge is -2.34. The van der Waals surface area contributed by atoms with Crippen molar-refractivity contribution in [3.63, 3.8) is 0 Å². The van der Waals surface area contributed by atoms with Gasteiger partial charge in [-0.1, -0.05) is 12.1 Å². The van der Waals surface area contributed by atoms with E-state index in [0.29, 0.717) is 17.1 Å². The van der Waals surface area contributed by atoms with E-state index in [1.165, 1.54) is 6.07 Å². The minimum atomic E-state index is -1.77. The lowest BCUT2D eigenvalue weighted by molar-refractivity contribution is 0.00590. The fraction of sp³-hybridized carbons (Fsp3) is 0.348. The molecule has 2 aromatic heterocycles. The van der Waals surface area contributed by atoms with Gasteiger partial charge >= 0.3 is 12.2 Å². The number of benzene rings is 1. The van der Waals surface area contributed by atoms with Gasteiger partial charge in [0.25, 0.3) is 0 Å². The number of likely N-dealkylation sites (tertiary alicyclic amines) is 1. The van der Waals surface area contributed by atoms with Crippen LogP contribution in [0.25, 0.3) is 5.69 Å². The number of hydrogen-bond acceptors (Lipinski definition) is 6. The number of anilines is 1. The predicted octanol–water partition coefficient (Wildman–Crippen LogP) is 2.59. The lowest BCUT2D eigenvalue weighted by Crippen LogP contribution is -2.46. The fourth-order valence-electron chi connectivity index (χ4n) is 3.78. The molecule has 3 heterocycles. The Morgan fingerprint density at radius 1 is 1.26 bits per heavy atom. The third-order valence-electron chi connectivity index (χ3n) is 5.77. The van der Waals surface area contributed by atoms with Crippen molar-refractivity contribution in [2.45, 2.75) is 24.9 Å². The van der Waals surface area contributed by atoms with Gasteiger partial charge in [-0.25, -0.2) is 18.7 Å². The maximum absolute atomic E-state index is 14.8. The molecule has 1 saturated heterocycles. The van der Waals surface area contributed by atoms with E-state index in [9.17, 15) is 18.8 Å². The summed E-state index contributed by atoms with van der Waals surface area (Å²) >= 11 is 0. The molecule has 0 aliphatic carbocycles. The van der Waals surface area contributed by atoms with E-state index < -0.39 is 24.5 Å². The maximum atomic E-state index is 14.8. The summed E-state index contributed by atoms with van der Waals surface area (Å²) in [7, 11) is 1.78. The number of carbonyl (C=O) groups is 2. The average molecular weight is 484 g/mol. The average Bonchev–Trinajstić information content (AvgIpc) is 3.26. The van der Waals surface area contributed by atoms with Gasteiger partial charge in [-0.2, -0.15) is 10.2 Å². The molecule has 1 fully saturated rings. The number of alkyl halides is 1. The van der Waals surface area contributed by atoms with Crippen molar-refractivity contribution in [3.05, 3.63) is 70.4 Å². The predicted molar refractivity (Wildman–Crippen MR) is 123 cm³/mol. The summed E-state index contributed by atoms with van der Waals surface area (Å²) < 4.78 is 23.1. The number of amides is 2. The Bertz CT molecular complexity index is 1280. The van der Waals surface area contributed by atoms with Gasteiger partial charge in [-0.05, 0) is 17.7 Å². The molecule has 1 aromatic carbocycles. The largest absolute Gasteiger partial charge is 0.465 e. The summed E-state index contributed by atoms with van der Waals surface area (Å²) in [6.07, 6.45) is 3.22. The van der Waals surface area contributed by atoms with E-state index in [1.54, 1.807) is 59.3 Å². The van der Waals surface area contributed by atoms with Crippen LogP contribution in [0, 0.1) is 0 Å². The Balaban J connectivity index is 1.36. The number of rotatable bonds is 6. The van der Waals surface area contributed by atoms with E-state index in [4.69, 9.17) is 9.84 Å². The Hall–Kier alpha value is -4.22. The zero-order valence-corrected chi connectivity index (χ0v) is 19.1. The lowest BCUT2D eigenvalue weighted by atomic mass is 9.94. The summed E-state index contributed by atoms with van der Waals surface area (Å²) in [6, 6.07) is 8.27. The minimum Gasteiger partial charge on any atom is -0.465 e. The van der Waals surface area contributed by atoms with Crippen LogP contribution in [0.3, 0.4) is 0 Å². The van der Waals surface area contributed by atoms with Crippen LogP contribution in [0.1, 0.15) is 24.1 Å². The van der Waals surface area contributed by atoms with E-state index in [2.05, 4.69) is 15.5 Å². The zero-order chi connectivity index (χ0) is 25.0. The number of nitrogens with zero attached hydrogens (tertiary/aromatic N) is 5. The zero-order valence-electron chi connectivity index (χ0n) is 19.1. The van der Waals surface area contributed by atoms with E-state index in [0.717, 1.165) is 10.5 Å². The highest BCUT2D eigenvalue weighted by atomic mass is 19.1. The van der Waals surface area contributed by atoms with Crippen molar-refractivity contribution < 1.29 is 23.8 Å². The minimum absolute atomic E-state index is 0.0390. The molecule has 0 atom stereocenters. The van der Waals surface area contributed by atoms with Crippen LogP contribution in [0.4, 0.5) is 19.7 Å². The van der Waals surface area contributed by atoms with Crippen LogP contribution in [0.2, 0.25) is 0 Å². The molecule has 35 heavy (non-hydrogen) atoms. The van der Waals surface area contributed by atoms with Gasteiger partial charge < -0.3 is 14.7 Å². The highest BCUT2D eigenvalue weighted by Gasteiger charge is 2.37. The van der Waals surface area contributed by atoms with E-state index in [-0.39, 0.29) is 37.8 Å². The van der Waals surface area contributed by atoms with Crippen LogP contribution in [-0.4, -0.2) is 67.1 Å². The van der Waals surface area contributed by atoms with E-state index >= 15 is 0 Å². The van der Waals surface area contributed by atoms with Gasteiger partial charge in [0.15, 0.2) is 0 Å². The molecule has 0 unspecified atom stereocenters. The molecule has 4 rings (SSSR count). The molecule has 0 spiro atoms. The molecule has 0 saturated carbocycles. The first-order valence-corrected chi connectivity index (χ1v) is 11.0. The third-order valence-corrected chi connectivity index (χ3v) is 5.77. The normalized spacial score (nSPS) is 15.0. The highest BCUT2D eigenvalue weighted by molar-refractivity contribution is 5.84. The van der Waals surface area contributed by atoms with Crippen molar-refractivity contribution in [3.8, 4) is 5.69 Å². The number of carbonyl (C=O) groups excluding carboxylic acids is 1. The Kier molecular flexibility index (Phi) is 6.80. The number of piperidine rings is 1. The molecule has 2 N–H and O–H groups in total. The molecule has 0 bridgehead atoms. The summed E-state index contributed by atoms with van der Waals surface area (Å²) in [5, 5.41) is 20.0. The van der Waals surface area contributed by atoms with Gasteiger partial charge in [0.2, 0.25) is 5.43 Å². The Morgan fingerprint density at radius 3 is 2.71 bits per heavy atom. The smallest absolute Gasteiger partial charge is 0.411 e. The first-order valence-electron chi connectivity index (χ1n) is 11.0. The Morgan fingerprint density at radius 2 is 2.03 bits per heavy atom. The molecule has 1 aliphatic rings. The van der Waals surface area contributed by atoms with Gasteiger partial charge in [0, 0.05) is 57.4 Å². The number of hydrogen-bond donors (Lipinski definition) is 2. The van der Waals surface area contributed by atoms with Crippen LogP contribution in [0.5, 0.6) is 0 Å². The van der Waals surface area contributed by atoms with Crippen molar-refractivity contribution in [2.24, 2.45) is 7.05 Å². The van der Waals surface area contributed by atoms with Crippen molar-refractivity contribution >= 4 is 17.9 Å². The highest BCUT2D eigenvalue weighted by Crippen LogP contribution is 2.27. The number of aryl methyl sites for hydroxylation is 1. The van der Waals surface area contributed by atoms with Crippen molar-refractivity contribution in [1.82, 2.24) is 24.5 Å². The van der Waals surface area contributed by atoms with Crippen molar-refractivity contribution in [2.75, 3.05) is 25.0 Å². The topological polar surface area (TPSA) is 132 Å². The second-order valence-electron chi connectivity index (χ2n) is 8.44. The molecule has 2 amide bonds.